The lowest BCUT2D eigenvalue weighted by Crippen LogP contribution is -2.58. The maximum Gasteiger partial charge on any atom is 0.408 e. The van der Waals surface area contributed by atoms with E-state index in [9.17, 15) is 27.2 Å². The smallest absolute Gasteiger partial charge is 0.352 e. The maximum atomic E-state index is 13.7. The first-order valence-corrected chi connectivity index (χ1v) is 6.94. The zero-order valence-corrected chi connectivity index (χ0v) is 12.2. The van der Waals surface area contributed by atoms with E-state index in [1.807, 2.05) is 0 Å². The van der Waals surface area contributed by atoms with Gasteiger partial charge in [0.25, 0.3) is 5.91 Å². The lowest BCUT2D eigenvalue weighted by atomic mass is 9.96. The van der Waals surface area contributed by atoms with Gasteiger partial charge in [0.2, 0.25) is 5.91 Å². The second-order valence-corrected chi connectivity index (χ2v) is 5.35. The van der Waals surface area contributed by atoms with Gasteiger partial charge < -0.3 is 10.2 Å². The van der Waals surface area contributed by atoms with Gasteiger partial charge in [-0.3, -0.25) is 14.6 Å². The van der Waals surface area contributed by atoms with Crippen LogP contribution in [0.3, 0.4) is 0 Å². The zero-order valence-electron chi connectivity index (χ0n) is 12.2. The van der Waals surface area contributed by atoms with Gasteiger partial charge in [0.05, 0.1) is 11.8 Å². The number of rotatable bonds is 2. The number of piperidine rings is 1. The van der Waals surface area contributed by atoms with Crippen LogP contribution < -0.4 is 5.32 Å². The number of alkyl halides is 3. The van der Waals surface area contributed by atoms with Crippen LogP contribution in [0.25, 0.3) is 0 Å². The molecule has 1 aliphatic heterocycles. The van der Waals surface area contributed by atoms with Crippen LogP contribution in [0.4, 0.5) is 17.6 Å². The molecule has 1 N–H and O–H groups in total. The molecule has 0 aromatic carbocycles. The highest BCUT2D eigenvalue weighted by atomic mass is 19.4. The molecule has 1 fully saturated rings. The molecule has 0 radical (unpaired) electrons. The molecular weight excluding hydrogens is 318 g/mol. The Labute approximate surface area is 129 Å². The first-order valence-electron chi connectivity index (χ1n) is 6.94. The summed E-state index contributed by atoms with van der Waals surface area (Å²) >= 11 is 0. The summed E-state index contributed by atoms with van der Waals surface area (Å²) in [6, 6.07) is -1.57. The van der Waals surface area contributed by atoms with E-state index < -0.39 is 41.5 Å². The minimum absolute atomic E-state index is 0.0896. The molecule has 1 saturated heterocycles. The average molecular weight is 333 g/mol. The van der Waals surface area contributed by atoms with E-state index in [2.05, 4.69) is 10.3 Å². The Bertz CT molecular complexity index is 606. The van der Waals surface area contributed by atoms with Crippen molar-refractivity contribution in [2.75, 3.05) is 6.54 Å². The van der Waals surface area contributed by atoms with Gasteiger partial charge in [-0.15, -0.1) is 0 Å². The average Bonchev–Trinajstić information content (AvgIpc) is 2.45. The standard InChI is InChI=1S/C14H15F4N3O2/c1-8(22)20-9-2-3-12(14(16,17)18)21(7-9)13(23)10-4-5-19-6-11(10)15/h4-6,9,12H,2-3,7H2,1H3,(H,20,22)/t9-,12-/m0/s1. The summed E-state index contributed by atoms with van der Waals surface area (Å²) in [4.78, 5) is 27.5. The highest BCUT2D eigenvalue weighted by Crippen LogP contribution is 2.33. The molecule has 23 heavy (non-hydrogen) atoms. The van der Waals surface area contributed by atoms with E-state index in [1.165, 1.54) is 6.92 Å². The summed E-state index contributed by atoms with van der Waals surface area (Å²) in [6.45, 7) is 0.912. The molecule has 1 aromatic rings. The van der Waals surface area contributed by atoms with Crippen LogP contribution in [0.2, 0.25) is 0 Å². The van der Waals surface area contributed by atoms with Crippen molar-refractivity contribution in [2.24, 2.45) is 0 Å². The Balaban J connectivity index is 2.29. The number of nitrogens with zero attached hydrogens (tertiary/aromatic N) is 2. The fraction of sp³-hybridized carbons (Fsp3) is 0.500. The lowest BCUT2D eigenvalue weighted by molar-refractivity contribution is -0.184. The number of aromatic nitrogens is 1. The molecule has 1 aliphatic rings. The lowest BCUT2D eigenvalue weighted by Gasteiger charge is -2.40. The molecule has 2 rings (SSSR count). The van der Waals surface area contributed by atoms with Gasteiger partial charge >= 0.3 is 6.18 Å². The highest BCUT2D eigenvalue weighted by Gasteiger charge is 2.48. The molecule has 2 heterocycles. The van der Waals surface area contributed by atoms with Crippen molar-refractivity contribution in [1.29, 1.82) is 0 Å². The van der Waals surface area contributed by atoms with Crippen LogP contribution in [-0.4, -0.2) is 46.5 Å². The molecular formula is C14H15F4N3O2. The monoisotopic (exact) mass is 333 g/mol. The molecule has 0 bridgehead atoms. The van der Waals surface area contributed by atoms with Gasteiger partial charge in [0.15, 0.2) is 5.82 Å². The van der Waals surface area contributed by atoms with Crippen molar-refractivity contribution in [3.05, 3.63) is 29.8 Å². The highest BCUT2D eigenvalue weighted by molar-refractivity contribution is 5.94. The van der Waals surface area contributed by atoms with E-state index in [-0.39, 0.29) is 19.4 Å². The summed E-state index contributed by atoms with van der Waals surface area (Å²) < 4.78 is 53.2. The third-order valence-electron chi connectivity index (χ3n) is 3.63. The topological polar surface area (TPSA) is 62.3 Å². The number of pyridine rings is 1. The summed E-state index contributed by atoms with van der Waals surface area (Å²) in [5.41, 5.74) is -0.474. The molecule has 0 unspecified atom stereocenters. The van der Waals surface area contributed by atoms with Gasteiger partial charge in [0.1, 0.15) is 6.04 Å². The minimum atomic E-state index is -4.62. The summed E-state index contributed by atoms with van der Waals surface area (Å²) in [5, 5.41) is 2.50. The molecule has 0 aliphatic carbocycles. The SMILES string of the molecule is CC(=O)N[C@H]1CC[C@@H](C(F)(F)F)N(C(=O)c2ccncc2F)C1. The zero-order chi connectivity index (χ0) is 17.2. The number of nitrogens with one attached hydrogen (secondary N) is 1. The number of hydrogen-bond acceptors (Lipinski definition) is 3. The maximum absolute atomic E-state index is 13.7. The summed E-state index contributed by atoms with van der Waals surface area (Å²) in [6.07, 6.45) is -2.99. The van der Waals surface area contributed by atoms with Gasteiger partial charge in [0, 0.05) is 25.7 Å². The van der Waals surface area contributed by atoms with Crippen LogP contribution >= 0.6 is 0 Å². The first kappa shape index (κ1) is 17.2. The Morgan fingerprint density at radius 3 is 2.61 bits per heavy atom. The minimum Gasteiger partial charge on any atom is -0.352 e. The van der Waals surface area contributed by atoms with Crippen molar-refractivity contribution in [3.63, 3.8) is 0 Å². The Morgan fingerprint density at radius 1 is 1.35 bits per heavy atom. The molecule has 0 spiro atoms. The Morgan fingerprint density at radius 2 is 2.04 bits per heavy atom. The number of carbonyl (C=O) groups excluding carboxylic acids is 2. The van der Waals surface area contributed by atoms with E-state index >= 15 is 0 Å². The molecule has 2 atom stereocenters. The first-order chi connectivity index (χ1) is 10.7. The van der Waals surface area contributed by atoms with E-state index in [0.717, 1.165) is 18.5 Å². The fourth-order valence-corrected chi connectivity index (χ4v) is 2.64. The van der Waals surface area contributed by atoms with Crippen LogP contribution in [0.15, 0.2) is 18.5 Å². The van der Waals surface area contributed by atoms with E-state index in [4.69, 9.17) is 0 Å². The number of hydrogen-bond donors (Lipinski definition) is 1. The molecule has 0 saturated carbocycles. The normalized spacial score (nSPS) is 21.9. The molecule has 5 nitrogen and oxygen atoms in total. The second kappa shape index (κ2) is 6.51. The molecule has 126 valence electrons. The molecule has 9 heteroatoms. The van der Waals surface area contributed by atoms with Crippen LogP contribution in [0.5, 0.6) is 0 Å². The van der Waals surface area contributed by atoms with Gasteiger partial charge in [-0.2, -0.15) is 13.2 Å². The van der Waals surface area contributed by atoms with Gasteiger partial charge in [-0.1, -0.05) is 0 Å². The van der Waals surface area contributed by atoms with Crippen molar-refractivity contribution in [3.8, 4) is 0 Å². The second-order valence-electron chi connectivity index (χ2n) is 5.35. The quantitative estimate of drug-likeness (QED) is 0.841. The largest absolute Gasteiger partial charge is 0.408 e. The number of halogens is 4. The number of carbonyl (C=O) groups is 2. The van der Waals surface area contributed by atoms with Crippen molar-refractivity contribution >= 4 is 11.8 Å². The van der Waals surface area contributed by atoms with Crippen LogP contribution in [-0.2, 0) is 4.79 Å². The molecule has 1 aromatic heterocycles. The van der Waals surface area contributed by atoms with E-state index in [1.54, 1.807) is 0 Å². The Hall–Kier alpha value is -2.19. The van der Waals surface area contributed by atoms with Crippen molar-refractivity contribution < 1.29 is 27.2 Å². The van der Waals surface area contributed by atoms with Crippen LogP contribution in [0, 0.1) is 5.82 Å². The number of amides is 2. The Kier molecular flexibility index (Phi) is 4.86. The third kappa shape index (κ3) is 3.96. The van der Waals surface area contributed by atoms with Gasteiger partial charge in [-0.25, -0.2) is 4.39 Å². The van der Waals surface area contributed by atoms with Crippen molar-refractivity contribution in [1.82, 2.24) is 15.2 Å². The fourth-order valence-electron chi connectivity index (χ4n) is 2.64. The van der Waals surface area contributed by atoms with Crippen LogP contribution in [0.1, 0.15) is 30.1 Å². The predicted octanol–water partition coefficient (Wildman–Crippen LogP) is 1.89. The summed E-state index contributed by atoms with van der Waals surface area (Å²) in [7, 11) is 0. The molecule has 2 amide bonds. The third-order valence-corrected chi connectivity index (χ3v) is 3.63. The predicted molar refractivity (Wildman–Crippen MR) is 71.9 cm³/mol. The van der Waals surface area contributed by atoms with E-state index in [0.29, 0.717) is 4.90 Å². The number of likely N-dealkylation sites (tertiary alicyclic amines) is 1. The van der Waals surface area contributed by atoms with Crippen molar-refractivity contribution in [2.45, 2.75) is 38.0 Å². The summed E-state index contributed by atoms with van der Waals surface area (Å²) in [5.74, 6) is -2.45. The van der Waals surface area contributed by atoms with Gasteiger partial charge in [-0.05, 0) is 18.9 Å².